The Morgan fingerprint density at radius 2 is 1.67 bits per heavy atom. The van der Waals surface area contributed by atoms with E-state index in [-0.39, 0.29) is 5.91 Å². The molecule has 0 aromatic heterocycles. The molecule has 0 fully saturated rings. The fourth-order valence-electron chi connectivity index (χ4n) is 2.59. The predicted octanol–water partition coefficient (Wildman–Crippen LogP) is 4.67. The van der Waals surface area contributed by atoms with Crippen LogP contribution in [0.15, 0.2) is 54.6 Å². The summed E-state index contributed by atoms with van der Waals surface area (Å²) < 4.78 is 6.06. The van der Waals surface area contributed by atoms with Gasteiger partial charge in [-0.3, -0.25) is 4.79 Å². The van der Waals surface area contributed by atoms with Crippen molar-refractivity contribution in [3.63, 3.8) is 0 Å². The van der Waals surface area contributed by atoms with Gasteiger partial charge >= 0.3 is 0 Å². The molecule has 1 amide bonds. The maximum atomic E-state index is 12.5. The first-order valence-corrected chi connectivity index (χ1v) is 8.72. The summed E-state index contributed by atoms with van der Waals surface area (Å²) in [6.07, 6.45) is 1.20. The molecule has 0 heterocycles. The lowest BCUT2D eigenvalue weighted by Gasteiger charge is -2.21. The highest BCUT2D eigenvalue weighted by Crippen LogP contribution is 2.29. The summed E-state index contributed by atoms with van der Waals surface area (Å²) in [6.45, 7) is 6.83. The molecule has 2 aromatic carbocycles. The zero-order chi connectivity index (χ0) is 17.4. The van der Waals surface area contributed by atoms with Crippen LogP contribution in [0, 0.1) is 0 Å². The first-order chi connectivity index (χ1) is 11.7. The van der Waals surface area contributed by atoms with E-state index in [1.807, 2.05) is 55.5 Å². The highest BCUT2D eigenvalue weighted by molar-refractivity contribution is 5.81. The fraction of sp³-hybridized carbons (Fsp3) is 0.381. The van der Waals surface area contributed by atoms with E-state index in [1.165, 1.54) is 0 Å². The van der Waals surface area contributed by atoms with E-state index in [2.05, 4.69) is 25.2 Å². The summed E-state index contributed by atoms with van der Waals surface area (Å²) >= 11 is 0. The van der Waals surface area contributed by atoms with Crippen molar-refractivity contribution in [2.75, 3.05) is 0 Å². The summed E-state index contributed by atoms with van der Waals surface area (Å²) in [5.41, 5.74) is 2.25. The lowest BCUT2D eigenvalue weighted by molar-refractivity contribution is -0.128. The van der Waals surface area contributed by atoms with Gasteiger partial charge < -0.3 is 10.1 Å². The molecule has 0 radical (unpaired) electrons. The average Bonchev–Trinajstić information content (AvgIpc) is 2.64. The maximum absolute atomic E-state index is 12.5. The number of hydrogen-bond acceptors (Lipinski definition) is 2. The Morgan fingerprint density at radius 1 is 1.00 bits per heavy atom. The maximum Gasteiger partial charge on any atom is 0.261 e. The van der Waals surface area contributed by atoms with Crippen molar-refractivity contribution in [2.45, 2.75) is 52.2 Å². The molecule has 0 aliphatic carbocycles. The van der Waals surface area contributed by atoms with Gasteiger partial charge in [0.15, 0.2) is 6.10 Å². The van der Waals surface area contributed by atoms with E-state index in [9.17, 15) is 4.79 Å². The van der Waals surface area contributed by atoms with Gasteiger partial charge in [-0.05, 0) is 36.0 Å². The zero-order valence-corrected chi connectivity index (χ0v) is 14.8. The SMILES string of the molecule is CCC(Oc1ccccc1C(C)CC)C(=O)NCc1ccccc1. The molecule has 2 atom stereocenters. The number of carbonyl (C=O) groups excluding carboxylic acids is 1. The third-order valence-corrected chi connectivity index (χ3v) is 4.30. The molecule has 128 valence electrons. The van der Waals surface area contributed by atoms with E-state index < -0.39 is 6.10 Å². The van der Waals surface area contributed by atoms with Gasteiger partial charge in [-0.1, -0.05) is 69.3 Å². The van der Waals surface area contributed by atoms with Gasteiger partial charge in [-0.2, -0.15) is 0 Å². The molecule has 0 aliphatic heterocycles. The highest BCUT2D eigenvalue weighted by Gasteiger charge is 2.20. The standard InChI is InChI=1S/C21H27NO2/c1-4-16(3)18-13-9-10-14-20(18)24-19(5-2)21(23)22-15-17-11-7-6-8-12-17/h6-14,16,19H,4-5,15H2,1-3H3,(H,22,23). The first-order valence-electron chi connectivity index (χ1n) is 8.72. The minimum Gasteiger partial charge on any atom is -0.480 e. The van der Waals surface area contributed by atoms with Crippen LogP contribution >= 0.6 is 0 Å². The molecular weight excluding hydrogens is 298 g/mol. The molecule has 2 unspecified atom stereocenters. The van der Waals surface area contributed by atoms with Crippen LogP contribution in [0.25, 0.3) is 0 Å². The van der Waals surface area contributed by atoms with Gasteiger partial charge in [-0.25, -0.2) is 0 Å². The molecule has 0 spiro atoms. The Hall–Kier alpha value is -2.29. The molecule has 0 bridgehead atoms. The van der Waals surface area contributed by atoms with Crippen molar-refractivity contribution in [3.8, 4) is 5.75 Å². The third-order valence-electron chi connectivity index (χ3n) is 4.30. The predicted molar refractivity (Wildman–Crippen MR) is 98.1 cm³/mol. The number of carbonyl (C=O) groups is 1. The van der Waals surface area contributed by atoms with E-state index in [0.29, 0.717) is 18.9 Å². The second kappa shape index (κ2) is 9.11. The Bertz CT molecular complexity index is 639. The fourth-order valence-corrected chi connectivity index (χ4v) is 2.59. The Balaban J connectivity index is 2.02. The molecule has 0 aliphatic rings. The second-order valence-electron chi connectivity index (χ2n) is 6.07. The Labute approximate surface area is 145 Å². The Morgan fingerprint density at radius 3 is 2.33 bits per heavy atom. The summed E-state index contributed by atoms with van der Waals surface area (Å²) in [4.78, 5) is 12.5. The van der Waals surface area contributed by atoms with Gasteiger partial charge in [-0.15, -0.1) is 0 Å². The van der Waals surface area contributed by atoms with Gasteiger partial charge in [0.2, 0.25) is 0 Å². The molecule has 24 heavy (non-hydrogen) atoms. The lowest BCUT2D eigenvalue weighted by atomic mass is 9.98. The molecule has 0 saturated carbocycles. The smallest absolute Gasteiger partial charge is 0.261 e. The average molecular weight is 325 g/mol. The normalized spacial score (nSPS) is 13.1. The van der Waals surface area contributed by atoms with Crippen molar-refractivity contribution in [1.29, 1.82) is 0 Å². The van der Waals surface area contributed by atoms with Crippen LogP contribution in [0.5, 0.6) is 5.75 Å². The van der Waals surface area contributed by atoms with Crippen LogP contribution in [0.2, 0.25) is 0 Å². The number of amides is 1. The Kier molecular flexibility index (Phi) is 6.86. The number of para-hydroxylation sites is 1. The van der Waals surface area contributed by atoms with E-state index in [1.54, 1.807) is 0 Å². The largest absolute Gasteiger partial charge is 0.480 e. The molecule has 1 N–H and O–H groups in total. The van der Waals surface area contributed by atoms with Crippen LogP contribution in [0.1, 0.15) is 50.7 Å². The van der Waals surface area contributed by atoms with Crippen molar-refractivity contribution in [1.82, 2.24) is 5.32 Å². The summed E-state index contributed by atoms with van der Waals surface area (Å²) in [6, 6.07) is 17.9. The van der Waals surface area contributed by atoms with Crippen molar-refractivity contribution >= 4 is 5.91 Å². The number of ether oxygens (including phenoxy) is 1. The number of hydrogen-bond donors (Lipinski definition) is 1. The molecule has 2 aromatic rings. The van der Waals surface area contributed by atoms with Crippen LogP contribution in [0.4, 0.5) is 0 Å². The van der Waals surface area contributed by atoms with Gasteiger partial charge in [0.25, 0.3) is 5.91 Å². The molecule has 3 heteroatoms. The number of benzene rings is 2. The minimum atomic E-state index is -0.473. The van der Waals surface area contributed by atoms with Gasteiger partial charge in [0.1, 0.15) is 5.75 Å². The highest BCUT2D eigenvalue weighted by atomic mass is 16.5. The van der Waals surface area contributed by atoms with Gasteiger partial charge in [0.05, 0.1) is 0 Å². The molecule has 3 nitrogen and oxygen atoms in total. The van der Waals surface area contributed by atoms with Crippen LogP contribution in [-0.4, -0.2) is 12.0 Å². The number of nitrogens with one attached hydrogen (secondary N) is 1. The minimum absolute atomic E-state index is 0.0692. The van der Waals surface area contributed by atoms with E-state index in [4.69, 9.17) is 4.74 Å². The second-order valence-corrected chi connectivity index (χ2v) is 6.07. The summed E-state index contributed by atoms with van der Waals surface area (Å²) in [5.74, 6) is 1.15. The van der Waals surface area contributed by atoms with Crippen LogP contribution < -0.4 is 10.1 Å². The van der Waals surface area contributed by atoms with Crippen LogP contribution in [0.3, 0.4) is 0 Å². The topological polar surface area (TPSA) is 38.3 Å². The third kappa shape index (κ3) is 4.85. The van der Waals surface area contributed by atoms with E-state index >= 15 is 0 Å². The quantitative estimate of drug-likeness (QED) is 0.765. The lowest BCUT2D eigenvalue weighted by Crippen LogP contribution is -2.37. The monoisotopic (exact) mass is 325 g/mol. The molecule has 0 saturated heterocycles. The summed E-state index contributed by atoms with van der Waals surface area (Å²) in [5, 5.41) is 2.97. The summed E-state index contributed by atoms with van der Waals surface area (Å²) in [7, 11) is 0. The first kappa shape index (κ1) is 18.1. The van der Waals surface area contributed by atoms with Gasteiger partial charge in [0, 0.05) is 6.54 Å². The van der Waals surface area contributed by atoms with E-state index in [0.717, 1.165) is 23.3 Å². The van der Waals surface area contributed by atoms with Crippen molar-refractivity contribution in [3.05, 3.63) is 65.7 Å². The van der Waals surface area contributed by atoms with Crippen molar-refractivity contribution in [2.24, 2.45) is 0 Å². The molecule has 2 rings (SSSR count). The van der Waals surface area contributed by atoms with Crippen molar-refractivity contribution < 1.29 is 9.53 Å². The van der Waals surface area contributed by atoms with Crippen LogP contribution in [-0.2, 0) is 11.3 Å². The zero-order valence-electron chi connectivity index (χ0n) is 14.8. The molecular formula is C21H27NO2. The number of rotatable bonds is 8.